The molecule has 126 valence electrons. The minimum Gasteiger partial charge on any atom is -0.375 e. The third-order valence-corrected chi connectivity index (χ3v) is 5.13. The van der Waals surface area contributed by atoms with Crippen LogP contribution in [0.25, 0.3) is 0 Å². The molecule has 0 radical (unpaired) electrons. The molecule has 0 aromatic heterocycles. The third kappa shape index (κ3) is 3.79. The number of halogens is 1. The van der Waals surface area contributed by atoms with Gasteiger partial charge in [-0.2, -0.15) is 0 Å². The number of morpholine rings is 1. The molecule has 2 aliphatic heterocycles. The summed E-state index contributed by atoms with van der Waals surface area (Å²) in [5, 5.41) is 3.71. The standard InChI is InChI=1S/C17H24ClN3O2/c1-12-3-4-14(18)9-13(12)10-19-17(22)21-6-5-16-15(11-21)20(2)7-8-23-16/h3-4,9,15-16H,5-8,10-11H2,1-2H3,(H,19,22)/t15-,16+/m0/s1. The number of likely N-dealkylation sites (N-methyl/N-ethyl adjacent to an activating group) is 1. The Morgan fingerprint density at radius 1 is 1.43 bits per heavy atom. The maximum absolute atomic E-state index is 12.5. The molecule has 23 heavy (non-hydrogen) atoms. The molecular weight excluding hydrogens is 314 g/mol. The number of nitrogens with one attached hydrogen (secondary N) is 1. The van der Waals surface area contributed by atoms with E-state index in [-0.39, 0.29) is 12.1 Å². The minimum atomic E-state index is -0.0122. The van der Waals surface area contributed by atoms with Crippen LogP contribution >= 0.6 is 11.6 Å². The molecule has 1 aromatic rings. The van der Waals surface area contributed by atoms with E-state index in [1.165, 1.54) is 0 Å². The van der Waals surface area contributed by atoms with Gasteiger partial charge < -0.3 is 15.0 Å². The van der Waals surface area contributed by atoms with Crippen LogP contribution in [0, 0.1) is 6.92 Å². The van der Waals surface area contributed by atoms with Gasteiger partial charge in [0.2, 0.25) is 0 Å². The Hall–Kier alpha value is -1.30. The number of likely N-dealkylation sites (tertiary alicyclic amines) is 1. The van der Waals surface area contributed by atoms with Gasteiger partial charge in [-0.25, -0.2) is 4.79 Å². The topological polar surface area (TPSA) is 44.8 Å². The highest BCUT2D eigenvalue weighted by Gasteiger charge is 2.36. The van der Waals surface area contributed by atoms with Gasteiger partial charge >= 0.3 is 6.03 Å². The third-order valence-electron chi connectivity index (χ3n) is 4.89. The van der Waals surface area contributed by atoms with Gasteiger partial charge in [-0.15, -0.1) is 0 Å². The van der Waals surface area contributed by atoms with Crippen molar-refractivity contribution in [2.75, 3.05) is 33.3 Å². The number of fused-ring (bicyclic) bond motifs is 1. The zero-order valence-electron chi connectivity index (χ0n) is 13.7. The first kappa shape index (κ1) is 16.6. The summed E-state index contributed by atoms with van der Waals surface area (Å²) in [5.74, 6) is 0. The number of amides is 2. The molecular formula is C17H24ClN3O2. The molecule has 5 nitrogen and oxygen atoms in total. The summed E-state index contributed by atoms with van der Waals surface area (Å²) in [4.78, 5) is 16.7. The van der Waals surface area contributed by atoms with Gasteiger partial charge in [0.25, 0.3) is 0 Å². The maximum atomic E-state index is 12.5. The highest BCUT2D eigenvalue weighted by Crippen LogP contribution is 2.22. The van der Waals surface area contributed by atoms with Gasteiger partial charge in [0, 0.05) is 31.2 Å². The molecule has 0 aliphatic carbocycles. The largest absolute Gasteiger partial charge is 0.375 e. The number of rotatable bonds is 2. The van der Waals surface area contributed by atoms with Gasteiger partial charge in [0.05, 0.1) is 18.8 Å². The van der Waals surface area contributed by atoms with Crippen molar-refractivity contribution in [3.05, 3.63) is 34.3 Å². The van der Waals surface area contributed by atoms with Crippen LogP contribution in [-0.4, -0.2) is 61.3 Å². The van der Waals surface area contributed by atoms with Crippen molar-refractivity contribution >= 4 is 17.6 Å². The average Bonchev–Trinajstić information content (AvgIpc) is 2.55. The van der Waals surface area contributed by atoms with Crippen molar-refractivity contribution in [2.24, 2.45) is 0 Å². The van der Waals surface area contributed by atoms with Crippen LogP contribution in [0.4, 0.5) is 4.79 Å². The van der Waals surface area contributed by atoms with Crippen molar-refractivity contribution in [1.82, 2.24) is 15.1 Å². The number of nitrogens with zero attached hydrogens (tertiary/aromatic N) is 2. The number of benzene rings is 1. The molecule has 0 spiro atoms. The summed E-state index contributed by atoms with van der Waals surface area (Å²) in [6.07, 6.45) is 1.16. The second-order valence-corrected chi connectivity index (χ2v) is 6.86. The van der Waals surface area contributed by atoms with Gasteiger partial charge in [0.15, 0.2) is 0 Å². The molecule has 2 heterocycles. The zero-order valence-corrected chi connectivity index (χ0v) is 14.5. The maximum Gasteiger partial charge on any atom is 0.317 e. The van der Waals surface area contributed by atoms with Crippen LogP contribution < -0.4 is 5.32 Å². The Kier molecular flexibility index (Phi) is 5.09. The second-order valence-electron chi connectivity index (χ2n) is 6.42. The van der Waals surface area contributed by atoms with E-state index in [1.54, 1.807) is 0 Å². The highest BCUT2D eigenvalue weighted by atomic mass is 35.5. The second kappa shape index (κ2) is 7.07. The Morgan fingerprint density at radius 2 is 2.26 bits per heavy atom. The van der Waals surface area contributed by atoms with E-state index in [1.807, 2.05) is 30.0 Å². The molecule has 2 amide bonds. The summed E-state index contributed by atoms with van der Waals surface area (Å²) in [7, 11) is 2.11. The van der Waals surface area contributed by atoms with E-state index in [9.17, 15) is 4.79 Å². The predicted octanol–water partition coefficient (Wildman–Crippen LogP) is 2.26. The first-order chi connectivity index (χ1) is 11.0. The number of carbonyl (C=O) groups is 1. The fourth-order valence-corrected chi connectivity index (χ4v) is 3.53. The van der Waals surface area contributed by atoms with E-state index in [0.717, 1.165) is 43.8 Å². The molecule has 6 heteroatoms. The molecule has 2 fully saturated rings. The van der Waals surface area contributed by atoms with Crippen molar-refractivity contribution in [2.45, 2.75) is 32.0 Å². The lowest BCUT2D eigenvalue weighted by Crippen LogP contribution is -2.60. The summed E-state index contributed by atoms with van der Waals surface area (Å²) in [6, 6.07) is 6.04. The van der Waals surface area contributed by atoms with Gasteiger partial charge in [-0.3, -0.25) is 4.90 Å². The van der Waals surface area contributed by atoms with Crippen LogP contribution in [0.1, 0.15) is 17.5 Å². The van der Waals surface area contributed by atoms with E-state index < -0.39 is 0 Å². The van der Waals surface area contributed by atoms with E-state index in [2.05, 4.69) is 17.3 Å². The van der Waals surface area contributed by atoms with Gasteiger partial charge in [-0.05, 0) is 43.7 Å². The lowest BCUT2D eigenvalue weighted by molar-refractivity contribution is -0.0881. The van der Waals surface area contributed by atoms with E-state index in [0.29, 0.717) is 17.6 Å². The Balaban J connectivity index is 1.57. The van der Waals surface area contributed by atoms with Crippen LogP contribution in [0.15, 0.2) is 18.2 Å². The number of urea groups is 1. The molecule has 1 aromatic carbocycles. The first-order valence-electron chi connectivity index (χ1n) is 8.14. The summed E-state index contributed by atoms with van der Waals surface area (Å²) in [6.45, 7) is 5.72. The van der Waals surface area contributed by atoms with Crippen LogP contribution in [0.2, 0.25) is 5.02 Å². The van der Waals surface area contributed by atoms with Crippen LogP contribution in [0.3, 0.4) is 0 Å². The lowest BCUT2D eigenvalue weighted by Gasteiger charge is -2.45. The number of hydrogen-bond acceptors (Lipinski definition) is 3. The van der Waals surface area contributed by atoms with E-state index in [4.69, 9.17) is 16.3 Å². The molecule has 0 unspecified atom stereocenters. The molecule has 0 saturated carbocycles. The summed E-state index contributed by atoms with van der Waals surface area (Å²) < 4.78 is 5.82. The highest BCUT2D eigenvalue weighted by molar-refractivity contribution is 6.30. The monoisotopic (exact) mass is 337 g/mol. The van der Waals surface area contributed by atoms with Crippen molar-refractivity contribution in [1.29, 1.82) is 0 Å². The molecule has 1 N–H and O–H groups in total. The molecule has 2 aliphatic rings. The first-order valence-corrected chi connectivity index (χ1v) is 8.52. The van der Waals surface area contributed by atoms with Crippen molar-refractivity contribution in [3.63, 3.8) is 0 Å². The van der Waals surface area contributed by atoms with Crippen molar-refractivity contribution in [3.8, 4) is 0 Å². The zero-order chi connectivity index (χ0) is 16.4. The summed E-state index contributed by atoms with van der Waals surface area (Å²) >= 11 is 6.03. The number of carbonyl (C=O) groups excluding carboxylic acids is 1. The van der Waals surface area contributed by atoms with Crippen LogP contribution in [0.5, 0.6) is 0 Å². The fraction of sp³-hybridized carbons (Fsp3) is 0.588. The van der Waals surface area contributed by atoms with Crippen molar-refractivity contribution < 1.29 is 9.53 Å². The number of ether oxygens (including phenoxy) is 1. The lowest BCUT2D eigenvalue weighted by atomic mass is 9.99. The minimum absolute atomic E-state index is 0.0122. The smallest absolute Gasteiger partial charge is 0.317 e. The SMILES string of the molecule is Cc1ccc(Cl)cc1CNC(=O)N1CC[C@H]2OCCN(C)[C@H]2C1. The van der Waals surface area contributed by atoms with Gasteiger partial charge in [-0.1, -0.05) is 17.7 Å². The van der Waals surface area contributed by atoms with Crippen LogP contribution in [-0.2, 0) is 11.3 Å². The summed E-state index contributed by atoms with van der Waals surface area (Å²) in [5.41, 5.74) is 2.19. The Morgan fingerprint density at radius 3 is 3.09 bits per heavy atom. The molecule has 2 saturated heterocycles. The molecule has 3 rings (SSSR count). The molecule has 2 atom stereocenters. The predicted molar refractivity (Wildman–Crippen MR) is 90.8 cm³/mol. The quantitative estimate of drug-likeness (QED) is 0.900. The number of piperidine rings is 1. The Bertz CT molecular complexity index is 581. The fourth-order valence-electron chi connectivity index (χ4n) is 3.34. The van der Waals surface area contributed by atoms with Gasteiger partial charge in [0.1, 0.15) is 0 Å². The number of hydrogen-bond donors (Lipinski definition) is 1. The van der Waals surface area contributed by atoms with E-state index >= 15 is 0 Å². The number of aryl methyl sites for hydroxylation is 1. The normalized spacial score (nSPS) is 25.1. The Labute approximate surface area is 142 Å². The average molecular weight is 338 g/mol. The molecule has 0 bridgehead atoms.